The number of benzene rings is 3. The van der Waals surface area contributed by atoms with Gasteiger partial charge in [-0.3, -0.25) is 4.79 Å². The molecule has 0 N–H and O–H groups in total. The molecule has 0 aliphatic rings. The van der Waals surface area contributed by atoms with Crippen LogP contribution in [0.2, 0.25) is 0 Å². The molecule has 0 fully saturated rings. The quantitative estimate of drug-likeness (QED) is 0.194. The molecule has 0 amide bonds. The number of rotatable bonds is 8. The van der Waals surface area contributed by atoms with Gasteiger partial charge in [-0.15, -0.1) is 0 Å². The van der Waals surface area contributed by atoms with E-state index in [1.807, 2.05) is 19.1 Å². The summed E-state index contributed by atoms with van der Waals surface area (Å²) in [7, 11) is 0. The van der Waals surface area contributed by atoms with Gasteiger partial charge in [-0.1, -0.05) is 43.7 Å². The Bertz CT molecular complexity index is 1460. The van der Waals surface area contributed by atoms with Gasteiger partial charge in [-0.05, 0) is 48.4 Å². The lowest BCUT2D eigenvalue weighted by Gasteiger charge is -2.16. The van der Waals surface area contributed by atoms with Crippen LogP contribution in [0.4, 0.5) is 13.2 Å². The molecule has 188 valence electrons. The van der Waals surface area contributed by atoms with Crippen molar-refractivity contribution in [1.82, 2.24) is 0 Å². The highest BCUT2D eigenvalue weighted by Crippen LogP contribution is 2.39. The van der Waals surface area contributed by atoms with Crippen molar-refractivity contribution in [3.05, 3.63) is 76.6 Å². The first-order valence-corrected chi connectivity index (χ1v) is 11.4. The molecule has 1 aromatic heterocycles. The second-order valence-electron chi connectivity index (χ2n) is 8.14. The molecular formula is C27H23F3O6. The number of fused-ring (bicyclic) bond motifs is 2. The van der Waals surface area contributed by atoms with E-state index in [0.717, 1.165) is 23.3 Å². The first kappa shape index (κ1) is 25.1. The van der Waals surface area contributed by atoms with Crippen LogP contribution in [0.3, 0.4) is 0 Å². The monoisotopic (exact) mass is 500 g/mol. The Morgan fingerprint density at radius 1 is 1.00 bits per heavy atom. The van der Waals surface area contributed by atoms with E-state index in [1.165, 1.54) is 31.2 Å². The second-order valence-corrected chi connectivity index (χ2v) is 8.14. The molecule has 1 atom stereocenters. The number of esters is 1. The Hall–Kier alpha value is -4.01. The van der Waals surface area contributed by atoms with Gasteiger partial charge in [0.1, 0.15) is 17.1 Å². The van der Waals surface area contributed by atoms with Crippen LogP contribution in [0.25, 0.3) is 21.7 Å². The Morgan fingerprint density at radius 2 is 1.72 bits per heavy atom. The number of carbonyl (C=O) groups is 1. The highest BCUT2D eigenvalue weighted by atomic mass is 19.4. The van der Waals surface area contributed by atoms with E-state index >= 15 is 0 Å². The van der Waals surface area contributed by atoms with E-state index in [0.29, 0.717) is 6.42 Å². The van der Waals surface area contributed by atoms with Crippen molar-refractivity contribution in [3.63, 3.8) is 0 Å². The number of ether oxygens (including phenoxy) is 3. The number of hydrogen-bond donors (Lipinski definition) is 0. The van der Waals surface area contributed by atoms with E-state index in [-0.39, 0.29) is 29.1 Å². The lowest BCUT2D eigenvalue weighted by molar-refractivity contribution is -0.154. The Labute approximate surface area is 204 Å². The van der Waals surface area contributed by atoms with E-state index in [9.17, 15) is 22.8 Å². The van der Waals surface area contributed by atoms with Crippen LogP contribution in [-0.2, 0) is 15.7 Å². The van der Waals surface area contributed by atoms with Crippen molar-refractivity contribution in [1.29, 1.82) is 0 Å². The van der Waals surface area contributed by atoms with Crippen molar-refractivity contribution in [3.8, 4) is 17.2 Å². The van der Waals surface area contributed by atoms with Crippen LogP contribution in [0.1, 0.15) is 32.4 Å². The maximum absolute atomic E-state index is 13.9. The van der Waals surface area contributed by atoms with Gasteiger partial charge in [-0.2, -0.15) is 13.2 Å². The molecule has 0 saturated heterocycles. The Kier molecular flexibility index (Phi) is 7.19. The second kappa shape index (κ2) is 10.3. The molecule has 3 aromatic carbocycles. The summed E-state index contributed by atoms with van der Waals surface area (Å²) in [6.07, 6.45) is -4.47. The summed E-state index contributed by atoms with van der Waals surface area (Å²) < 4.78 is 62.7. The van der Waals surface area contributed by atoms with Crippen LogP contribution in [0.15, 0.2) is 69.9 Å². The number of halogens is 3. The number of alkyl halides is 3. The van der Waals surface area contributed by atoms with Gasteiger partial charge >= 0.3 is 12.1 Å². The van der Waals surface area contributed by atoms with Gasteiger partial charge in [0.05, 0.1) is 12.0 Å². The minimum atomic E-state index is -5.01. The van der Waals surface area contributed by atoms with Gasteiger partial charge in [-0.25, -0.2) is 4.79 Å². The zero-order valence-electron chi connectivity index (χ0n) is 19.6. The van der Waals surface area contributed by atoms with E-state index < -0.39 is 35.2 Å². The first-order chi connectivity index (χ1) is 17.2. The molecule has 4 aromatic rings. The van der Waals surface area contributed by atoms with Crippen molar-refractivity contribution >= 4 is 27.7 Å². The number of unbranched alkanes of at least 4 members (excludes halogenated alkanes) is 1. The molecule has 0 unspecified atom stereocenters. The van der Waals surface area contributed by atoms with Gasteiger partial charge in [0.2, 0.25) is 11.2 Å². The summed E-state index contributed by atoms with van der Waals surface area (Å²) >= 11 is 0. The molecule has 0 radical (unpaired) electrons. The summed E-state index contributed by atoms with van der Waals surface area (Å²) in [6, 6.07) is 15.7. The fourth-order valence-electron chi connectivity index (χ4n) is 3.54. The average molecular weight is 500 g/mol. The summed E-state index contributed by atoms with van der Waals surface area (Å²) in [6.45, 7) is 3.64. The summed E-state index contributed by atoms with van der Waals surface area (Å²) in [5.41, 5.74) is -1.35. The fraction of sp³-hybridized carbons (Fsp3) is 0.259. The lowest BCUT2D eigenvalue weighted by Crippen LogP contribution is -2.26. The molecule has 0 aliphatic carbocycles. The Morgan fingerprint density at radius 3 is 2.44 bits per heavy atom. The van der Waals surface area contributed by atoms with Crippen LogP contribution in [0.5, 0.6) is 17.2 Å². The van der Waals surface area contributed by atoms with Gasteiger partial charge in [0, 0.05) is 6.07 Å². The van der Waals surface area contributed by atoms with Crippen molar-refractivity contribution in [2.45, 2.75) is 39.0 Å². The van der Waals surface area contributed by atoms with Gasteiger partial charge in [0.15, 0.2) is 6.10 Å². The van der Waals surface area contributed by atoms with E-state index in [2.05, 4.69) is 0 Å². The third-order valence-corrected chi connectivity index (χ3v) is 5.41. The molecular weight excluding hydrogens is 477 g/mol. The molecule has 6 nitrogen and oxygen atoms in total. The van der Waals surface area contributed by atoms with Crippen molar-refractivity contribution in [2.24, 2.45) is 0 Å². The molecule has 9 heteroatoms. The van der Waals surface area contributed by atoms with E-state index in [4.69, 9.17) is 18.6 Å². The maximum Gasteiger partial charge on any atom is 0.453 e. The van der Waals surface area contributed by atoms with Crippen molar-refractivity contribution < 1.29 is 36.6 Å². The highest BCUT2D eigenvalue weighted by Gasteiger charge is 2.40. The smallest absolute Gasteiger partial charge is 0.453 e. The molecule has 4 rings (SSSR count). The minimum Gasteiger partial charge on any atom is -0.479 e. The summed E-state index contributed by atoms with van der Waals surface area (Å²) in [4.78, 5) is 25.1. The topological polar surface area (TPSA) is 75.0 Å². The van der Waals surface area contributed by atoms with Crippen molar-refractivity contribution in [2.75, 3.05) is 6.61 Å². The highest BCUT2D eigenvalue weighted by molar-refractivity contribution is 5.84. The normalized spacial score (nSPS) is 12.5. The maximum atomic E-state index is 13.9. The van der Waals surface area contributed by atoms with Crippen LogP contribution < -0.4 is 14.9 Å². The lowest BCUT2D eigenvalue weighted by atomic mass is 10.1. The molecule has 1 heterocycles. The van der Waals surface area contributed by atoms with Gasteiger partial charge < -0.3 is 18.6 Å². The third kappa shape index (κ3) is 5.45. The summed E-state index contributed by atoms with van der Waals surface area (Å²) in [5.74, 6) is -3.05. The number of hydrogen-bond acceptors (Lipinski definition) is 6. The standard InChI is InChI=1S/C27H23F3O6/c1-3-4-13-33-26(32)16(2)34-20-11-12-21-22(15-20)36-25(27(28,29)30)24(23(21)31)35-19-10-9-17-7-5-6-8-18(17)14-19/h5-12,14-16H,3-4,13H2,1-2H3/t16-/m0/s1. The van der Waals surface area contributed by atoms with Crippen LogP contribution in [0, 0.1) is 0 Å². The SMILES string of the molecule is CCCCOC(=O)[C@H](C)Oc1ccc2c(=O)c(Oc3ccc4ccccc4c3)c(C(F)(F)F)oc2c1. The molecule has 0 saturated carbocycles. The molecule has 0 spiro atoms. The average Bonchev–Trinajstić information content (AvgIpc) is 2.85. The van der Waals surface area contributed by atoms with E-state index in [1.54, 1.807) is 18.2 Å². The number of carbonyl (C=O) groups excluding carboxylic acids is 1. The Balaban J connectivity index is 1.68. The molecule has 0 aliphatic heterocycles. The first-order valence-electron chi connectivity index (χ1n) is 11.4. The molecule has 36 heavy (non-hydrogen) atoms. The zero-order chi connectivity index (χ0) is 25.9. The largest absolute Gasteiger partial charge is 0.479 e. The van der Waals surface area contributed by atoms with Crippen LogP contribution in [-0.4, -0.2) is 18.7 Å². The van der Waals surface area contributed by atoms with Gasteiger partial charge in [0.25, 0.3) is 5.76 Å². The van der Waals surface area contributed by atoms with Crippen LogP contribution >= 0.6 is 0 Å². The summed E-state index contributed by atoms with van der Waals surface area (Å²) in [5, 5.41) is 1.46. The fourth-order valence-corrected chi connectivity index (χ4v) is 3.54. The minimum absolute atomic E-state index is 0.0434. The predicted molar refractivity (Wildman–Crippen MR) is 127 cm³/mol. The third-order valence-electron chi connectivity index (χ3n) is 5.41. The zero-order valence-corrected chi connectivity index (χ0v) is 19.6. The predicted octanol–water partition coefficient (Wildman–Crippen LogP) is 6.87. The molecule has 0 bridgehead atoms.